The Labute approximate surface area is 174 Å². The average molecular weight is 444 g/mol. The summed E-state index contributed by atoms with van der Waals surface area (Å²) in [5.41, 5.74) is 2.04. The third-order valence-corrected chi connectivity index (χ3v) is 5.41. The maximum atomic E-state index is 13.2. The molecule has 2 aromatic carbocycles. The van der Waals surface area contributed by atoms with Crippen molar-refractivity contribution in [3.05, 3.63) is 64.1 Å². The molecule has 1 heterocycles. The van der Waals surface area contributed by atoms with Gasteiger partial charge in [0.15, 0.2) is 0 Å². The highest BCUT2D eigenvalue weighted by Crippen LogP contribution is 2.27. The summed E-state index contributed by atoms with van der Waals surface area (Å²) in [7, 11) is 0. The van der Waals surface area contributed by atoms with Crippen LogP contribution in [0.5, 0.6) is 0 Å². The van der Waals surface area contributed by atoms with Gasteiger partial charge in [0.25, 0.3) is 5.91 Å². The van der Waals surface area contributed by atoms with Crippen molar-refractivity contribution in [2.45, 2.75) is 26.8 Å². The van der Waals surface area contributed by atoms with E-state index in [1.165, 1.54) is 0 Å². The minimum atomic E-state index is -0.333. The molecule has 2 aromatic rings. The van der Waals surface area contributed by atoms with Gasteiger partial charge in [0.05, 0.1) is 11.3 Å². The predicted octanol–water partition coefficient (Wildman–Crippen LogP) is 4.89. The Morgan fingerprint density at radius 2 is 1.75 bits per heavy atom. The number of rotatable bonds is 4. The summed E-state index contributed by atoms with van der Waals surface area (Å²) in [5.74, 6) is 0.911. The molecule has 0 bridgehead atoms. The zero-order valence-electron chi connectivity index (χ0n) is 16.2. The second-order valence-electron chi connectivity index (χ2n) is 7.64. The molecular weight excluding hydrogens is 418 g/mol. The van der Waals surface area contributed by atoms with E-state index in [9.17, 15) is 9.59 Å². The van der Waals surface area contributed by atoms with E-state index in [1.54, 1.807) is 12.1 Å². The Hall–Kier alpha value is -2.34. The lowest BCUT2D eigenvalue weighted by molar-refractivity contribution is 0.0624. The van der Waals surface area contributed by atoms with Crippen LogP contribution < -0.4 is 10.6 Å². The molecule has 0 radical (unpaired) electrons. The molecular formula is C22H26BrN3O2. The van der Waals surface area contributed by atoms with E-state index in [1.807, 2.05) is 41.3 Å². The number of urea groups is 1. The van der Waals surface area contributed by atoms with Gasteiger partial charge in [0.2, 0.25) is 0 Å². The van der Waals surface area contributed by atoms with Crippen LogP contribution in [0.15, 0.2) is 53.0 Å². The summed E-state index contributed by atoms with van der Waals surface area (Å²) in [5, 5.41) is 5.67. The van der Waals surface area contributed by atoms with E-state index in [0.29, 0.717) is 29.6 Å². The Morgan fingerprint density at radius 1 is 1.07 bits per heavy atom. The molecule has 0 spiro atoms. The largest absolute Gasteiger partial charge is 0.338 e. The first kappa shape index (κ1) is 20.4. The van der Waals surface area contributed by atoms with E-state index in [-0.39, 0.29) is 11.9 Å². The van der Waals surface area contributed by atoms with Crippen LogP contribution in [0.2, 0.25) is 0 Å². The quantitative estimate of drug-likeness (QED) is 0.706. The van der Waals surface area contributed by atoms with Crippen LogP contribution in [0.25, 0.3) is 0 Å². The van der Waals surface area contributed by atoms with Crippen molar-refractivity contribution >= 4 is 33.6 Å². The van der Waals surface area contributed by atoms with Gasteiger partial charge in [0, 0.05) is 24.1 Å². The number of likely N-dealkylation sites (tertiary alicyclic amines) is 1. The van der Waals surface area contributed by atoms with Crippen molar-refractivity contribution in [1.29, 1.82) is 0 Å². The number of nitrogens with zero attached hydrogens (tertiary/aromatic N) is 1. The fourth-order valence-corrected chi connectivity index (χ4v) is 4.11. The van der Waals surface area contributed by atoms with E-state index in [2.05, 4.69) is 40.4 Å². The molecule has 1 aliphatic heterocycles. The first-order chi connectivity index (χ1) is 13.4. The Balaban J connectivity index is 1.71. The third-order valence-electron chi connectivity index (χ3n) is 4.91. The minimum absolute atomic E-state index is 0.0435. The Bertz CT molecular complexity index is 831. The molecule has 3 rings (SSSR count). The summed E-state index contributed by atoms with van der Waals surface area (Å²) in [6, 6.07) is 14.7. The molecule has 1 saturated heterocycles. The lowest BCUT2D eigenvalue weighted by Crippen LogP contribution is -2.43. The molecule has 0 unspecified atom stereocenters. The normalized spacial score (nSPS) is 19.2. The number of benzene rings is 2. The molecule has 0 aromatic heterocycles. The number of carbonyl (C=O) groups is 2. The molecule has 2 atom stereocenters. The molecule has 28 heavy (non-hydrogen) atoms. The summed E-state index contributed by atoms with van der Waals surface area (Å²) in [4.78, 5) is 27.4. The number of halogens is 1. The van der Waals surface area contributed by atoms with Gasteiger partial charge in [-0.05, 0) is 42.0 Å². The topological polar surface area (TPSA) is 61.4 Å². The lowest BCUT2D eigenvalue weighted by atomic mass is 9.91. The lowest BCUT2D eigenvalue weighted by Gasteiger charge is -2.35. The number of amides is 3. The first-order valence-electron chi connectivity index (χ1n) is 9.60. The number of nitrogens with one attached hydrogen (secondary N) is 2. The highest BCUT2D eigenvalue weighted by Gasteiger charge is 2.27. The van der Waals surface area contributed by atoms with Crippen LogP contribution in [0.1, 0.15) is 36.2 Å². The number of hydrogen-bond donors (Lipinski definition) is 2. The number of piperidine rings is 1. The van der Waals surface area contributed by atoms with Crippen molar-refractivity contribution in [2.24, 2.45) is 11.8 Å². The van der Waals surface area contributed by atoms with Crippen LogP contribution in [-0.4, -0.2) is 29.9 Å². The van der Waals surface area contributed by atoms with E-state index in [0.717, 1.165) is 29.5 Å². The average Bonchev–Trinajstić information content (AvgIpc) is 2.67. The van der Waals surface area contributed by atoms with Gasteiger partial charge in [-0.3, -0.25) is 4.79 Å². The second-order valence-corrected chi connectivity index (χ2v) is 8.56. The predicted molar refractivity (Wildman–Crippen MR) is 115 cm³/mol. The molecule has 3 amide bonds. The van der Waals surface area contributed by atoms with Crippen LogP contribution >= 0.6 is 15.9 Å². The van der Waals surface area contributed by atoms with Crippen molar-refractivity contribution < 1.29 is 9.59 Å². The highest BCUT2D eigenvalue weighted by atomic mass is 79.9. The molecule has 2 N–H and O–H groups in total. The summed E-state index contributed by atoms with van der Waals surface area (Å²) in [6.45, 7) is 6.26. The van der Waals surface area contributed by atoms with Crippen LogP contribution in [0.4, 0.5) is 10.5 Å². The van der Waals surface area contributed by atoms with Gasteiger partial charge in [-0.15, -0.1) is 0 Å². The highest BCUT2D eigenvalue weighted by molar-refractivity contribution is 9.10. The molecule has 5 nitrogen and oxygen atoms in total. The van der Waals surface area contributed by atoms with Gasteiger partial charge >= 0.3 is 6.03 Å². The molecule has 0 aliphatic carbocycles. The fraction of sp³-hybridized carbons (Fsp3) is 0.364. The van der Waals surface area contributed by atoms with Crippen LogP contribution in [0, 0.1) is 11.8 Å². The second kappa shape index (κ2) is 9.24. The fourth-order valence-electron chi connectivity index (χ4n) is 3.75. The van der Waals surface area contributed by atoms with Gasteiger partial charge in [0.1, 0.15) is 0 Å². The van der Waals surface area contributed by atoms with E-state index in [4.69, 9.17) is 0 Å². The van der Waals surface area contributed by atoms with E-state index < -0.39 is 0 Å². The van der Waals surface area contributed by atoms with Gasteiger partial charge in [-0.25, -0.2) is 4.79 Å². The molecule has 1 aliphatic rings. The Kier molecular flexibility index (Phi) is 6.73. The molecule has 1 fully saturated rings. The number of anilines is 1. The van der Waals surface area contributed by atoms with Crippen LogP contribution in [0.3, 0.4) is 0 Å². The van der Waals surface area contributed by atoms with E-state index >= 15 is 0 Å². The van der Waals surface area contributed by atoms with Gasteiger partial charge in [-0.1, -0.05) is 60.1 Å². The minimum Gasteiger partial charge on any atom is -0.338 e. The zero-order valence-corrected chi connectivity index (χ0v) is 17.8. The smallest absolute Gasteiger partial charge is 0.319 e. The van der Waals surface area contributed by atoms with Gasteiger partial charge < -0.3 is 15.5 Å². The standard InChI is InChI=1S/C22H26BrN3O2/c1-15-10-16(2)14-26(13-15)21(27)19-11-18(23)8-9-20(19)25-22(28)24-12-17-6-4-3-5-7-17/h3-9,11,15-16H,10,12-14H2,1-2H3,(H2,24,25,28)/t15-,16+. The van der Waals surface area contributed by atoms with Crippen LogP contribution in [-0.2, 0) is 6.54 Å². The number of carbonyl (C=O) groups excluding carboxylic acids is 2. The molecule has 148 valence electrons. The maximum absolute atomic E-state index is 13.2. The number of hydrogen-bond acceptors (Lipinski definition) is 2. The first-order valence-corrected chi connectivity index (χ1v) is 10.4. The van der Waals surface area contributed by atoms with Crippen molar-refractivity contribution in [3.63, 3.8) is 0 Å². The zero-order chi connectivity index (χ0) is 20.1. The van der Waals surface area contributed by atoms with Crippen molar-refractivity contribution in [2.75, 3.05) is 18.4 Å². The monoisotopic (exact) mass is 443 g/mol. The third kappa shape index (κ3) is 5.35. The maximum Gasteiger partial charge on any atom is 0.319 e. The Morgan fingerprint density at radius 3 is 2.43 bits per heavy atom. The van der Waals surface area contributed by atoms with Gasteiger partial charge in [-0.2, -0.15) is 0 Å². The summed E-state index contributed by atoms with van der Waals surface area (Å²) in [6.07, 6.45) is 1.13. The SMILES string of the molecule is C[C@@H]1C[C@H](C)CN(C(=O)c2cc(Br)ccc2NC(=O)NCc2ccccc2)C1. The van der Waals surface area contributed by atoms with Crippen molar-refractivity contribution in [1.82, 2.24) is 10.2 Å². The summed E-state index contributed by atoms with van der Waals surface area (Å²) < 4.78 is 0.809. The molecule has 6 heteroatoms. The van der Waals surface area contributed by atoms with Crippen molar-refractivity contribution in [3.8, 4) is 0 Å². The molecule has 0 saturated carbocycles. The summed E-state index contributed by atoms with van der Waals surface area (Å²) >= 11 is 3.44.